The first kappa shape index (κ1) is 21.8. The molecule has 34 heavy (non-hydrogen) atoms. The summed E-state index contributed by atoms with van der Waals surface area (Å²) in [6, 6.07) is 0.307. The molecule has 3 saturated carbocycles. The second-order valence-corrected chi connectivity index (χ2v) is 11.0. The molecule has 0 unspecified atom stereocenters. The van der Waals surface area contributed by atoms with E-state index in [0.29, 0.717) is 35.3 Å². The summed E-state index contributed by atoms with van der Waals surface area (Å²) in [6.45, 7) is 5.59. The summed E-state index contributed by atoms with van der Waals surface area (Å²) in [4.78, 5) is 28.9. The lowest BCUT2D eigenvalue weighted by molar-refractivity contribution is 0.260. The number of aromatic amines is 1. The molecule has 0 spiro atoms. The molecule has 182 valence electrons. The third-order valence-electron chi connectivity index (χ3n) is 8.55. The van der Waals surface area contributed by atoms with Crippen LogP contribution in [0, 0.1) is 17.8 Å². The van der Waals surface area contributed by atoms with Gasteiger partial charge in [-0.05, 0) is 63.2 Å². The largest absolute Gasteiger partial charge is 0.439 e. The predicted molar refractivity (Wildman–Crippen MR) is 130 cm³/mol. The van der Waals surface area contributed by atoms with Gasteiger partial charge in [0.1, 0.15) is 11.3 Å². The molecule has 0 aromatic carbocycles. The number of rotatable bonds is 7. The Balaban J connectivity index is 1.45. The Bertz CT molecular complexity index is 1210. The van der Waals surface area contributed by atoms with Crippen LogP contribution in [0.5, 0.6) is 0 Å². The molecule has 0 saturated heterocycles. The van der Waals surface area contributed by atoms with E-state index < -0.39 is 5.76 Å². The summed E-state index contributed by atoms with van der Waals surface area (Å²) in [6.07, 6.45) is 12.6. The van der Waals surface area contributed by atoms with E-state index in [-0.39, 0.29) is 5.82 Å². The number of H-pyrrole nitrogens is 1. The van der Waals surface area contributed by atoms with Crippen LogP contribution in [0.25, 0.3) is 22.8 Å². The lowest BCUT2D eigenvalue weighted by Gasteiger charge is -2.33. The zero-order valence-corrected chi connectivity index (χ0v) is 20.2. The summed E-state index contributed by atoms with van der Waals surface area (Å²) in [7, 11) is 0. The van der Waals surface area contributed by atoms with Gasteiger partial charge in [0.05, 0.1) is 0 Å². The molecule has 1 atom stereocenters. The van der Waals surface area contributed by atoms with E-state index >= 15 is 0 Å². The van der Waals surface area contributed by atoms with E-state index in [4.69, 9.17) is 19.5 Å². The molecule has 3 aliphatic rings. The molecular formula is C25H35N7O2. The Morgan fingerprint density at radius 3 is 2.44 bits per heavy atom. The van der Waals surface area contributed by atoms with E-state index in [9.17, 15) is 4.79 Å². The van der Waals surface area contributed by atoms with Crippen molar-refractivity contribution in [2.24, 2.45) is 17.8 Å². The van der Waals surface area contributed by atoms with E-state index in [0.717, 1.165) is 29.6 Å². The van der Waals surface area contributed by atoms with Gasteiger partial charge in [-0.1, -0.05) is 37.8 Å². The maximum absolute atomic E-state index is 11.6. The Morgan fingerprint density at radius 2 is 1.82 bits per heavy atom. The number of imidazole rings is 1. The topological polar surface area (TPSA) is 115 Å². The zero-order chi connectivity index (χ0) is 23.2. The molecule has 3 aliphatic carbocycles. The molecule has 6 rings (SSSR count). The number of fused-ring (bicyclic) bond motifs is 1. The Labute approximate surface area is 199 Å². The van der Waals surface area contributed by atoms with Crippen molar-refractivity contribution in [3.8, 4) is 11.6 Å². The molecule has 0 bridgehead atoms. The highest BCUT2D eigenvalue weighted by Gasteiger charge is 2.31. The van der Waals surface area contributed by atoms with Gasteiger partial charge in [0.25, 0.3) is 0 Å². The highest BCUT2D eigenvalue weighted by atomic mass is 16.5. The number of anilines is 1. The van der Waals surface area contributed by atoms with Crippen LogP contribution in [0.1, 0.15) is 89.8 Å². The molecular weight excluding hydrogens is 430 g/mol. The average Bonchev–Trinajstić information content (AvgIpc) is 3.31. The van der Waals surface area contributed by atoms with Gasteiger partial charge in [-0.25, -0.2) is 19.7 Å². The van der Waals surface area contributed by atoms with Crippen molar-refractivity contribution in [2.45, 2.75) is 96.6 Å². The van der Waals surface area contributed by atoms with Crippen molar-refractivity contribution < 1.29 is 4.52 Å². The van der Waals surface area contributed by atoms with Crippen molar-refractivity contribution in [1.82, 2.24) is 29.7 Å². The fraction of sp³-hybridized carbons (Fsp3) is 0.720. The maximum atomic E-state index is 11.6. The second kappa shape index (κ2) is 8.82. The molecule has 0 radical (unpaired) electrons. The third-order valence-corrected chi connectivity index (χ3v) is 8.55. The van der Waals surface area contributed by atoms with Crippen LogP contribution in [0.2, 0.25) is 0 Å². The highest BCUT2D eigenvalue weighted by molar-refractivity contribution is 5.85. The molecule has 3 heterocycles. The first-order chi connectivity index (χ1) is 16.5. The van der Waals surface area contributed by atoms with Crippen molar-refractivity contribution in [2.75, 3.05) is 5.32 Å². The predicted octanol–water partition coefficient (Wildman–Crippen LogP) is 4.86. The molecule has 9 heteroatoms. The van der Waals surface area contributed by atoms with Crippen LogP contribution >= 0.6 is 0 Å². The number of nitrogens with one attached hydrogen (secondary N) is 2. The summed E-state index contributed by atoms with van der Waals surface area (Å²) >= 11 is 0. The fourth-order valence-corrected chi connectivity index (χ4v) is 5.79. The van der Waals surface area contributed by atoms with Gasteiger partial charge in [-0.15, -0.1) is 0 Å². The Morgan fingerprint density at radius 1 is 1.06 bits per heavy atom. The molecule has 3 aromatic heterocycles. The van der Waals surface area contributed by atoms with Gasteiger partial charge in [0.2, 0.25) is 11.6 Å². The first-order valence-electron chi connectivity index (χ1n) is 13.2. The van der Waals surface area contributed by atoms with Gasteiger partial charge in [-0.2, -0.15) is 0 Å². The lowest BCUT2D eigenvalue weighted by atomic mass is 9.80. The minimum absolute atomic E-state index is 0.243. The molecule has 2 N–H and O–H groups in total. The van der Waals surface area contributed by atoms with Gasteiger partial charge < -0.3 is 9.88 Å². The van der Waals surface area contributed by atoms with Gasteiger partial charge >= 0.3 is 5.76 Å². The highest BCUT2D eigenvalue weighted by Crippen LogP contribution is 2.40. The van der Waals surface area contributed by atoms with Gasteiger partial charge in [0, 0.05) is 18.5 Å². The maximum Gasteiger partial charge on any atom is 0.439 e. The number of hydrogen-bond acceptors (Lipinski definition) is 7. The SMILES string of the molecule is C[C@@H](Nc1nc(-c2noc(=O)[nH]2)nc2nc(C3CCC3)n(C[C@H]3CC[C@H](C)CC3)c12)C1CCC1. The molecule has 9 nitrogen and oxygen atoms in total. The molecule has 0 amide bonds. The zero-order valence-electron chi connectivity index (χ0n) is 20.2. The van der Waals surface area contributed by atoms with Gasteiger partial charge in [0.15, 0.2) is 11.5 Å². The number of aromatic nitrogens is 6. The number of nitrogens with zero attached hydrogens (tertiary/aromatic N) is 5. The quantitative estimate of drug-likeness (QED) is 0.512. The summed E-state index contributed by atoms with van der Waals surface area (Å²) in [5, 5.41) is 7.55. The van der Waals surface area contributed by atoms with Crippen molar-refractivity contribution >= 4 is 17.0 Å². The fourth-order valence-electron chi connectivity index (χ4n) is 5.79. The summed E-state index contributed by atoms with van der Waals surface area (Å²) < 4.78 is 7.17. The lowest BCUT2D eigenvalue weighted by Crippen LogP contribution is -2.31. The van der Waals surface area contributed by atoms with E-state index in [2.05, 4.69) is 33.9 Å². The van der Waals surface area contributed by atoms with Crippen molar-refractivity contribution in [3.05, 3.63) is 16.4 Å². The van der Waals surface area contributed by atoms with E-state index in [1.807, 2.05) is 0 Å². The second-order valence-electron chi connectivity index (χ2n) is 11.0. The minimum atomic E-state index is -0.608. The third kappa shape index (κ3) is 4.03. The smallest absolute Gasteiger partial charge is 0.365 e. The minimum Gasteiger partial charge on any atom is -0.365 e. The van der Waals surface area contributed by atoms with Crippen LogP contribution in [0.3, 0.4) is 0 Å². The number of hydrogen-bond donors (Lipinski definition) is 2. The van der Waals surface area contributed by atoms with Crippen LogP contribution in [-0.4, -0.2) is 35.7 Å². The first-order valence-corrected chi connectivity index (χ1v) is 13.2. The Hall–Kier alpha value is -2.71. The van der Waals surface area contributed by atoms with Gasteiger partial charge in [-0.3, -0.25) is 9.51 Å². The van der Waals surface area contributed by atoms with E-state index in [1.165, 1.54) is 64.2 Å². The summed E-state index contributed by atoms with van der Waals surface area (Å²) in [5.41, 5.74) is 1.68. The molecule has 3 aromatic rings. The van der Waals surface area contributed by atoms with Crippen LogP contribution in [0.4, 0.5) is 5.82 Å². The van der Waals surface area contributed by atoms with E-state index in [1.54, 1.807) is 0 Å². The van der Waals surface area contributed by atoms with Crippen LogP contribution in [0.15, 0.2) is 9.32 Å². The molecule has 3 fully saturated rings. The Kier molecular flexibility index (Phi) is 5.65. The van der Waals surface area contributed by atoms with Crippen LogP contribution < -0.4 is 11.1 Å². The normalized spacial score (nSPS) is 24.6. The molecule has 0 aliphatic heterocycles. The summed E-state index contributed by atoms with van der Waals surface area (Å²) in [5.74, 6) is 4.57. The standard InChI is InChI=1S/C25H35N7O2/c1-14-9-11-16(12-10-14)13-32-19-20(26-15(2)17-5-3-6-17)27-22(23-30-25(33)34-31-23)28-21(19)29-24(32)18-7-4-8-18/h14-18H,3-13H2,1-2H3,(H,26,27,28)(H,30,31,33)/t14-,15-,16-/m1/s1. The average molecular weight is 466 g/mol. The van der Waals surface area contributed by atoms with Crippen molar-refractivity contribution in [1.29, 1.82) is 0 Å². The monoisotopic (exact) mass is 465 g/mol. The van der Waals surface area contributed by atoms with Crippen LogP contribution in [-0.2, 0) is 6.54 Å². The van der Waals surface area contributed by atoms with Crippen molar-refractivity contribution in [3.63, 3.8) is 0 Å².